The molecule has 2 aromatic heterocycles. The number of amides is 1. The van der Waals surface area contributed by atoms with Gasteiger partial charge in [0.1, 0.15) is 6.54 Å². The summed E-state index contributed by atoms with van der Waals surface area (Å²) >= 11 is 1.58. The molecule has 24 heavy (non-hydrogen) atoms. The molecule has 2 heterocycles. The fourth-order valence-corrected chi connectivity index (χ4v) is 2.72. The Hall–Kier alpha value is -2.99. The zero-order chi connectivity index (χ0) is 16.8. The number of carbonyl (C=O) groups is 2. The lowest BCUT2D eigenvalue weighted by atomic mass is 10.1. The van der Waals surface area contributed by atoms with Crippen LogP contribution in [0.15, 0.2) is 66.3 Å². The summed E-state index contributed by atoms with van der Waals surface area (Å²) in [5, 5.41) is 8.72. The van der Waals surface area contributed by atoms with Crippen LogP contribution in [0.4, 0.5) is 5.69 Å². The van der Waals surface area contributed by atoms with Crippen molar-refractivity contribution in [1.29, 1.82) is 0 Å². The van der Waals surface area contributed by atoms with Crippen molar-refractivity contribution in [3.63, 3.8) is 0 Å². The summed E-state index contributed by atoms with van der Waals surface area (Å²) in [7, 11) is 0. The first-order chi connectivity index (χ1) is 11.7. The van der Waals surface area contributed by atoms with Crippen LogP contribution in [0.1, 0.15) is 15.2 Å². The maximum atomic E-state index is 12.1. The third kappa shape index (κ3) is 4.27. The highest BCUT2D eigenvalue weighted by molar-refractivity contribution is 7.10. The Balaban J connectivity index is 1.58. The highest BCUT2D eigenvalue weighted by Gasteiger charge is 2.05. The van der Waals surface area contributed by atoms with E-state index in [9.17, 15) is 9.59 Å². The van der Waals surface area contributed by atoms with Crippen molar-refractivity contribution in [2.75, 3.05) is 5.32 Å². The van der Waals surface area contributed by atoms with Gasteiger partial charge in [-0.1, -0.05) is 6.07 Å². The quantitative estimate of drug-likeness (QED) is 0.553. The van der Waals surface area contributed by atoms with E-state index in [1.807, 2.05) is 17.5 Å². The van der Waals surface area contributed by atoms with E-state index >= 15 is 0 Å². The molecule has 0 spiro atoms. The van der Waals surface area contributed by atoms with E-state index < -0.39 is 0 Å². The summed E-state index contributed by atoms with van der Waals surface area (Å²) in [4.78, 5) is 25.0. The highest BCUT2D eigenvalue weighted by atomic mass is 32.1. The maximum Gasteiger partial charge on any atom is 0.246 e. The number of aromatic nitrogens is 2. The van der Waals surface area contributed by atoms with Crippen molar-refractivity contribution in [3.8, 4) is 0 Å². The molecular weight excluding hydrogens is 322 g/mol. The minimum absolute atomic E-state index is 0.0715. The number of ketones is 1. The second-order valence-corrected chi connectivity index (χ2v) is 6.02. The van der Waals surface area contributed by atoms with Crippen molar-refractivity contribution < 1.29 is 9.59 Å². The molecule has 120 valence electrons. The van der Waals surface area contributed by atoms with Gasteiger partial charge in [0.15, 0.2) is 5.78 Å². The predicted molar refractivity (Wildman–Crippen MR) is 95.0 cm³/mol. The molecular formula is C18H15N3O2S. The number of thiophene rings is 1. The van der Waals surface area contributed by atoms with Gasteiger partial charge >= 0.3 is 0 Å². The summed E-state index contributed by atoms with van der Waals surface area (Å²) in [5.41, 5.74) is 1.22. The Kier molecular flexibility index (Phi) is 4.98. The van der Waals surface area contributed by atoms with Crippen molar-refractivity contribution in [2.45, 2.75) is 6.54 Å². The van der Waals surface area contributed by atoms with Gasteiger partial charge < -0.3 is 5.32 Å². The lowest BCUT2D eigenvalue weighted by Gasteiger charge is -2.06. The molecule has 1 N–H and O–H groups in total. The van der Waals surface area contributed by atoms with Gasteiger partial charge in [-0.2, -0.15) is 5.10 Å². The minimum Gasteiger partial charge on any atom is -0.324 e. The topological polar surface area (TPSA) is 64.0 Å². The number of allylic oxidation sites excluding steroid dienone is 1. The molecule has 0 saturated carbocycles. The van der Waals surface area contributed by atoms with Crippen molar-refractivity contribution in [1.82, 2.24) is 9.78 Å². The molecule has 0 aliphatic carbocycles. The summed E-state index contributed by atoms with van der Waals surface area (Å²) in [5.74, 6) is -0.242. The Morgan fingerprint density at radius 3 is 2.67 bits per heavy atom. The number of hydrogen-bond acceptors (Lipinski definition) is 4. The lowest BCUT2D eigenvalue weighted by molar-refractivity contribution is -0.116. The van der Waals surface area contributed by atoms with Crippen molar-refractivity contribution in [2.24, 2.45) is 0 Å². The Bertz CT molecular complexity index is 835. The van der Waals surface area contributed by atoms with E-state index in [-0.39, 0.29) is 18.2 Å². The number of carbonyl (C=O) groups excluding carboxylic acids is 2. The molecule has 0 unspecified atom stereocenters. The Morgan fingerprint density at radius 2 is 2.00 bits per heavy atom. The van der Waals surface area contributed by atoms with E-state index in [0.29, 0.717) is 11.3 Å². The molecule has 6 heteroatoms. The van der Waals surface area contributed by atoms with Crippen molar-refractivity contribution in [3.05, 3.63) is 76.8 Å². The molecule has 0 aliphatic heterocycles. The van der Waals surface area contributed by atoms with E-state index in [0.717, 1.165) is 4.88 Å². The minimum atomic E-state index is -0.171. The van der Waals surface area contributed by atoms with Crippen molar-refractivity contribution >= 4 is 34.8 Å². The molecule has 0 radical (unpaired) electrons. The van der Waals surface area contributed by atoms with Gasteiger partial charge in [0.25, 0.3) is 0 Å². The normalized spacial score (nSPS) is 10.8. The van der Waals surface area contributed by atoms with E-state index in [2.05, 4.69) is 10.4 Å². The highest BCUT2D eigenvalue weighted by Crippen LogP contribution is 2.13. The van der Waals surface area contributed by atoms with Gasteiger partial charge in [-0.3, -0.25) is 14.3 Å². The van der Waals surface area contributed by atoms with E-state index in [4.69, 9.17) is 0 Å². The molecule has 0 atom stereocenters. The molecule has 0 aliphatic rings. The fourth-order valence-electron chi connectivity index (χ4n) is 2.10. The van der Waals surface area contributed by atoms with Crippen LogP contribution in [0, 0.1) is 0 Å². The molecule has 3 aromatic rings. The zero-order valence-electron chi connectivity index (χ0n) is 12.8. The van der Waals surface area contributed by atoms with Crippen LogP contribution >= 0.6 is 11.3 Å². The second-order valence-electron chi connectivity index (χ2n) is 5.04. The van der Waals surface area contributed by atoms with Gasteiger partial charge in [0, 0.05) is 28.5 Å². The molecule has 1 aromatic carbocycles. The molecule has 0 saturated heterocycles. The summed E-state index contributed by atoms with van der Waals surface area (Å²) in [6, 6.07) is 12.5. The van der Waals surface area contributed by atoms with Crippen LogP contribution in [-0.2, 0) is 11.3 Å². The third-order valence-corrected chi connectivity index (χ3v) is 4.10. The number of nitrogens with one attached hydrogen (secondary N) is 1. The molecule has 1 amide bonds. The summed E-state index contributed by atoms with van der Waals surface area (Å²) in [6.07, 6.45) is 6.70. The number of hydrogen-bond donors (Lipinski definition) is 1. The van der Waals surface area contributed by atoms with Crippen LogP contribution < -0.4 is 5.32 Å². The number of anilines is 1. The first kappa shape index (κ1) is 15.9. The number of benzene rings is 1. The molecule has 5 nitrogen and oxygen atoms in total. The summed E-state index contributed by atoms with van der Waals surface area (Å²) in [6.45, 7) is 0.150. The van der Waals surface area contributed by atoms with Crippen LogP contribution in [0.2, 0.25) is 0 Å². The van der Waals surface area contributed by atoms with Gasteiger partial charge in [-0.05, 0) is 53.9 Å². The standard InChI is InChI=1S/C18H15N3O2S/c22-17(9-8-16-3-1-12-24-16)14-4-6-15(7-5-14)20-18(23)13-21-11-2-10-19-21/h1-12H,13H2,(H,20,23)/b9-8+. The van der Waals surface area contributed by atoms with Crippen LogP contribution in [0.5, 0.6) is 0 Å². The first-order valence-electron chi connectivity index (χ1n) is 7.34. The van der Waals surface area contributed by atoms with Crippen LogP contribution in [-0.4, -0.2) is 21.5 Å². The van der Waals surface area contributed by atoms with Gasteiger partial charge in [0.05, 0.1) is 0 Å². The maximum absolute atomic E-state index is 12.1. The molecule has 3 rings (SSSR count). The zero-order valence-corrected chi connectivity index (χ0v) is 13.6. The Labute approximate surface area is 143 Å². The first-order valence-corrected chi connectivity index (χ1v) is 8.22. The van der Waals surface area contributed by atoms with E-state index in [1.54, 1.807) is 70.9 Å². The second kappa shape index (κ2) is 7.52. The lowest BCUT2D eigenvalue weighted by Crippen LogP contribution is -2.18. The average Bonchev–Trinajstić information content (AvgIpc) is 3.27. The SMILES string of the molecule is O=C(Cn1cccn1)Nc1ccc(C(=O)/C=C/c2cccs2)cc1. The fraction of sp³-hybridized carbons (Fsp3) is 0.0556. The van der Waals surface area contributed by atoms with Gasteiger partial charge in [-0.25, -0.2) is 0 Å². The Morgan fingerprint density at radius 1 is 1.17 bits per heavy atom. The third-order valence-electron chi connectivity index (χ3n) is 3.26. The average molecular weight is 337 g/mol. The van der Waals surface area contributed by atoms with E-state index in [1.165, 1.54) is 0 Å². The van der Waals surface area contributed by atoms with Gasteiger partial charge in [-0.15, -0.1) is 11.3 Å². The summed E-state index contributed by atoms with van der Waals surface area (Å²) < 4.78 is 1.54. The molecule has 0 fully saturated rings. The van der Waals surface area contributed by atoms with Crippen LogP contribution in [0.25, 0.3) is 6.08 Å². The monoisotopic (exact) mass is 337 g/mol. The number of rotatable bonds is 6. The smallest absolute Gasteiger partial charge is 0.246 e. The van der Waals surface area contributed by atoms with Gasteiger partial charge in [0.2, 0.25) is 5.91 Å². The largest absolute Gasteiger partial charge is 0.324 e. The van der Waals surface area contributed by atoms with Crippen LogP contribution in [0.3, 0.4) is 0 Å². The number of nitrogens with zero attached hydrogens (tertiary/aromatic N) is 2. The predicted octanol–water partition coefficient (Wildman–Crippen LogP) is 3.48. The molecule has 0 bridgehead atoms.